The Morgan fingerprint density at radius 2 is 1.70 bits per heavy atom. The summed E-state index contributed by atoms with van der Waals surface area (Å²) in [6, 6.07) is 14.2. The van der Waals surface area contributed by atoms with E-state index in [1.807, 2.05) is 30.3 Å². The molecule has 0 amide bonds. The van der Waals surface area contributed by atoms with Gasteiger partial charge in [-0.15, -0.1) is 10.2 Å². The van der Waals surface area contributed by atoms with Crippen molar-refractivity contribution in [3.63, 3.8) is 0 Å². The SMILES string of the molecule is Nn1c(SCc2ccccc2)nnc(Nc2ccccc2C(F)(F)F)c1=O. The molecule has 0 spiro atoms. The fourth-order valence-corrected chi connectivity index (χ4v) is 3.06. The maximum Gasteiger partial charge on any atom is 0.418 e. The van der Waals surface area contributed by atoms with Crippen molar-refractivity contribution >= 4 is 23.3 Å². The third kappa shape index (κ3) is 4.40. The number of nitrogens with two attached hydrogens (primary N) is 1. The van der Waals surface area contributed by atoms with Gasteiger partial charge in [-0.05, 0) is 17.7 Å². The largest absolute Gasteiger partial charge is 0.418 e. The average Bonchev–Trinajstić information content (AvgIpc) is 2.65. The van der Waals surface area contributed by atoms with Crippen molar-refractivity contribution in [2.24, 2.45) is 0 Å². The summed E-state index contributed by atoms with van der Waals surface area (Å²) in [6.07, 6.45) is -4.58. The molecule has 0 aliphatic rings. The van der Waals surface area contributed by atoms with E-state index in [-0.39, 0.29) is 10.8 Å². The number of benzene rings is 2. The first-order valence-corrected chi connectivity index (χ1v) is 8.69. The molecule has 0 atom stereocenters. The third-order valence-electron chi connectivity index (χ3n) is 3.56. The monoisotopic (exact) mass is 393 g/mol. The summed E-state index contributed by atoms with van der Waals surface area (Å²) in [4.78, 5) is 12.3. The van der Waals surface area contributed by atoms with Gasteiger partial charge < -0.3 is 11.2 Å². The van der Waals surface area contributed by atoms with Crippen molar-refractivity contribution in [3.8, 4) is 0 Å². The Hall–Kier alpha value is -3.01. The molecule has 0 bridgehead atoms. The van der Waals surface area contributed by atoms with Gasteiger partial charge in [0.15, 0.2) is 0 Å². The van der Waals surface area contributed by atoms with Crippen LogP contribution in [-0.4, -0.2) is 14.9 Å². The average molecular weight is 393 g/mol. The molecule has 10 heteroatoms. The molecular weight excluding hydrogens is 379 g/mol. The van der Waals surface area contributed by atoms with Crippen LogP contribution in [0.25, 0.3) is 0 Å². The topological polar surface area (TPSA) is 85.8 Å². The molecule has 0 radical (unpaired) electrons. The van der Waals surface area contributed by atoms with Crippen LogP contribution < -0.4 is 16.7 Å². The lowest BCUT2D eigenvalue weighted by Gasteiger charge is -2.14. The van der Waals surface area contributed by atoms with Crippen LogP contribution in [0.15, 0.2) is 64.5 Å². The van der Waals surface area contributed by atoms with Gasteiger partial charge in [-0.3, -0.25) is 4.79 Å². The van der Waals surface area contributed by atoms with Gasteiger partial charge in [0, 0.05) is 5.75 Å². The Morgan fingerprint density at radius 1 is 1.04 bits per heavy atom. The van der Waals surface area contributed by atoms with E-state index in [1.165, 1.54) is 30.0 Å². The number of hydrogen-bond acceptors (Lipinski definition) is 6. The van der Waals surface area contributed by atoms with Gasteiger partial charge >= 0.3 is 11.7 Å². The summed E-state index contributed by atoms with van der Waals surface area (Å²) < 4.78 is 40.0. The Kier molecular flexibility index (Phi) is 5.36. The fraction of sp³-hybridized carbons (Fsp3) is 0.118. The van der Waals surface area contributed by atoms with Gasteiger partial charge in [0.25, 0.3) is 0 Å². The molecule has 0 saturated heterocycles. The summed E-state index contributed by atoms with van der Waals surface area (Å²) >= 11 is 1.19. The van der Waals surface area contributed by atoms with Crippen molar-refractivity contribution in [2.45, 2.75) is 17.1 Å². The van der Waals surface area contributed by atoms with Crippen LogP contribution in [0.2, 0.25) is 0 Å². The van der Waals surface area contributed by atoms with Crippen molar-refractivity contribution < 1.29 is 13.2 Å². The van der Waals surface area contributed by atoms with E-state index < -0.39 is 23.1 Å². The van der Waals surface area contributed by atoms with Crippen LogP contribution in [0, 0.1) is 0 Å². The standard InChI is InChI=1S/C17H14F3N5OS/c18-17(19,20)12-8-4-5-9-13(12)22-14-15(26)25(21)16(24-23-14)27-10-11-6-2-1-3-7-11/h1-9H,10,21H2,(H,22,23). The maximum atomic E-state index is 13.1. The molecule has 3 N–H and O–H groups in total. The van der Waals surface area contributed by atoms with Crippen molar-refractivity contribution in [3.05, 3.63) is 76.1 Å². The first-order valence-electron chi connectivity index (χ1n) is 7.71. The molecular formula is C17H14F3N5OS. The number of anilines is 2. The first-order chi connectivity index (χ1) is 12.9. The Morgan fingerprint density at radius 3 is 2.41 bits per heavy atom. The molecule has 1 heterocycles. The van der Waals surface area contributed by atoms with Crippen molar-refractivity contribution in [2.75, 3.05) is 11.2 Å². The minimum absolute atomic E-state index is 0.151. The molecule has 1 aromatic heterocycles. The summed E-state index contributed by atoms with van der Waals surface area (Å²) in [5.74, 6) is 5.86. The number of para-hydroxylation sites is 1. The number of halogens is 3. The summed E-state index contributed by atoms with van der Waals surface area (Å²) in [5.41, 5.74) is -1.01. The minimum Gasteiger partial charge on any atom is -0.334 e. The van der Waals surface area contributed by atoms with Crippen LogP contribution in [0.1, 0.15) is 11.1 Å². The Bertz CT molecular complexity index is 992. The second-order valence-electron chi connectivity index (χ2n) is 5.45. The van der Waals surface area contributed by atoms with Gasteiger partial charge in [0.05, 0.1) is 11.3 Å². The zero-order chi connectivity index (χ0) is 19.4. The van der Waals surface area contributed by atoms with E-state index in [0.29, 0.717) is 5.75 Å². The number of hydrogen-bond donors (Lipinski definition) is 2. The zero-order valence-corrected chi connectivity index (χ0v) is 14.6. The van der Waals surface area contributed by atoms with Crippen molar-refractivity contribution in [1.29, 1.82) is 0 Å². The number of aromatic nitrogens is 3. The molecule has 0 saturated carbocycles. The molecule has 3 aromatic rings. The number of nitrogens with one attached hydrogen (secondary N) is 1. The highest BCUT2D eigenvalue weighted by Crippen LogP contribution is 2.35. The predicted octanol–water partition coefficient (Wildman–Crippen LogP) is 3.41. The van der Waals surface area contributed by atoms with Gasteiger partial charge in [0.1, 0.15) is 0 Å². The molecule has 0 aliphatic carbocycles. The van der Waals surface area contributed by atoms with Crippen LogP contribution in [0.3, 0.4) is 0 Å². The van der Waals surface area contributed by atoms with E-state index in [4.69, 9.17) is 5.84 Å². The lowest BCUT2D eigenvalue weighted by molar-refractivity contribution is -0.136. The summed E-state index contributed by atoms with van der Waals surface area (Å²) in [7, 11) is 0. The van der Waals surface area contributed by atoms with Crippen LogP contribution >= 0.6 is 11.8 Å². The smallest absolute Gasteiger partial charge is 0.334 e. The van der Waals surface area contributed by atoms with Gasteiger partial charge in [0.2, 0.25) is 11.0 Å². The quantitative estimate of drug-likeness (QED) is 0.510. The molecule has 2 aromatic carbocycles. The van der Waals surface area contributed by atoms with E-state index in [9.17, 15) is 18.0 Å². The molecule has 140 valence electrons. The summed E-state index contributed by atoms with van der Waals surface area (Å²) in [6.45, 7) is 0. The highest BCUT2D eigenvalue weighted by atomic mass is 32.2. The number of nitrogens with zero attached hydrogens (tertiary/aromatic N) is 3. The normalized spacial score (nSPS) is 11.4. The lowest BCUT2D eigenvalue weighted by atomic mass is 10.1. The molecule has 0 aliphatic heterocycles. The maximum absolute atomic E-state index is 13.1. The second kappa shape index (κ2) is 7.70. The molecule has 6 nitrogen and oxygen atoms in total. The van der Waals surface area contributed by atoms with Crippen LogP contribution in [0.5, 0.6) is 0 Å². The lowest BCUT2D eigenvalue weighted by Crippen LogP contribution is -2.32. The Labute approximate surface area is 156 Å². The second-order valence-corrected chi connectivity index (χ2v) is 6.39. The highest BCUT2D eigenvalue weighted by molar-refractivity contribution is 7.98. The van der Waals surface area contributed by atoms with Gasteiger partial charge in [-0.1, -0.05) is 54.2 Å². The molecule has 3 rings (SSSR count). The van der Waals surface area contributed by atoms with Crippen LogP contribution in [0.4, 0.5) is 24.7 Å². The van der Waals surface area contributed by atoms with E-state index in [0.717, 1.165) is 16.3 Å². The van der Waals surface area contributed by atoms with E-state index in [2.05, 4.69) is 15.5 Å². The number of alkyl halides is 3. The molecule has 27 heavy (non-hydrogen) atoms. The fourth-order valence-electron chi connectivity index (χ4n) is 2.25. The summed E-state index contributed by atoms with van der Waals surface area (Å²) in [5, 5.41) is 10.1. The molecule has 0 unspecified atom stereocenters. The highest BCUT2D eigenvalue weighted by Gasteiger charge is 2.33. The Balaban J connectivity index is 1.83. The molecule has 0 fully saturated rings. The predicted molar refractivity (Wildman–Crippen MR) is 97.2 cm³/mol. The minimum atomic E-state index is -4.58. The number of nitrogen functional groups attached to an aromatic ring is 1. The van der Waals surface area contributed by atoms with E-state index in [1.54, 1.807) is 0 Å². The zero-order valence-electron chi connectivity index (χ0n) is 13.8. The van der Waals surface area contributed by atoms with Crippen molar-refractivity contribution in [1.82, 2.24) is 14.9 Å². The first kappa shape index (κ1) is 18.8. The van der Waals surface area contributed by atoms with Crippen LogP contribution in [-0.2, 0) is 11.9 Å². The number of rotatable bonds is 5. The van der Waals surface area contributed by atoms with E-state index >= 15 is 0 Å². The van der Waals surface area contributed by atoms with Gasteiger partial charge in [-0.2, -0.15) is 17.8 Å². The third-order valence-corrected chi connectivity index (χ3v) is 4.57. The van der Waals surface area contributed by atoms with Gasteiger partial charge in [-0.25, -0.2) is 0 Å². The number of thioether (sulfide) groups is 1.